The van der Waals surface area contributed by atoms with E-state index < -0.39 is 0 Å². The molecule has 0 radical (unpaired) electrons. The molecule has 0 aromatic heterocycles. The molecule has 0 aliphatic heterocycles. The molecule has 0 bridgehead atoms. The first kappa shape index (κ1) is 14.2. The Morgan fingerprint density at radius 2 is 1.94 bits per heavy atom. The van der Waals surface area contributed by atoms with E-state index in [1.807, 2.05) is 12.2 Å². The first-order chi connectivity index (χ1) is 8.20. The van der Waals surface area contributed by atoms with Gasteiger partial charge in [0, 0.05) is 0 Å². The van der Waals surface area contributed by atoms with Crippen molar-refractivity contribution in [2.24, 2.45) is 0 Å². The van der Waals surface area contributed by atoms with E-state index in [4.69, 9.17) is 0 Å². The normalized spacial score (nSPS) is 11.6. The molecule has 0 spiro atoms. The fraction of sp³-hybridized carbons (Fsp3) is 0.267. The van der Waals surface area contributed by atoms with Crippen molar-refractivity contribution in [3.05, 3.63) is 61.2 Å². The fourth-order valence-corrected chi connectivity index (χ4v) is 2.66. The zero-order valence-corrected chi connectivity index (χ0v) is 12.6. The molecular weight excluding hydrogens is 322 g/mol. The standard InChI is InChI=1S/C15H19NTe/c1-4-9-14(13-10-7-6-8-11-13)15(17)16(3)12-5-2/h4-8,10-11,14H,1-2,9,12H2,3H3. The van der Waals surface area contributed by atoms with Gasteiger partial charge >= 0.3 is 118 Å². The average molecular weight is 341 g/mol. The van der Waals surface area contributed by atoms with E-state index in [1.165, 1.54) is 9.24 Å². The number of hydrogen-bond acceptors (Lipinski definition) is 1. The van der Waals surface area contributed by atoms with Gasteiger partial charge in [0.25, 0.3) is 0 Å². The van der Waals surface area contributed by atoms with Crippen molar-refractivity contribution in [3.8, 4) is 0 Å². The van der Waals surface area contributed by atoms with Gasteiger partial charge in [-0.1, -0.05) is 0 Å². The number of rotatable bonds is 7. The summed E-state index contributed by atoms with van der Waals surface area (Å²) in [5.74, 6) is 0.420. The van der Waals surface area contributed by atoms with Crippen LogP contribution in [0.4, 0.5) is 0 Å². The quantitative estimate of drug-likeness (QED) is 0.545. The molecule has 90 valence electrons. The number of nitrogens with zero attached hydrogens (tertiary/aromatic N) is 1. The van der Waals surface area contributed by atoms with Gasteiger partial charge in [-0.15, -0.1) is 0 Å². The van der Waals surface area contributed by atoms with Crippen molar-refractivity contribution in [2.75, 3.05) is 13.6 Å². The van der Waals surface area contributed by atoms with Gasteiger partial charge in [0.05, 0.1) is 0 Å². The molecule has 0 N–H and O–H groups in total. The summed E-state index contributed by atoms with van der Waals surface area (Å²) in [5.41, 5.74) is 1.35. The van der Waals surface area contributed by atoms with Gasteiger partial charge in [-0.2, -0.15) is 0 Å². The summed E-state index contributed by atoms with van der Waals surface area (Å²) in [6, 6.07) is 10.6. The molecule has 0 fully saturated rings. The van der Waals surface area contributed by atoms with Gasteiger partial charge < -0.3 is 0 Å². The van der Waals surface area contributed by atoms with E-state index in [0.29, 0.717) is 5.92 Å². The van der Waals surface area contributed by atoms with Crippen LogP contribution in [0.5, 0.6) is 0 Å². The van der Waals surface area contributed by atoms with E-state index in [-0.39, 0.29) is 0 Å². The van der Waals surface area contributed by atoms with Crippen LogP contribution in [0.2, 0.25) is 0 Å². The molecule has 1 nitrogen and oxygen atoms in total. The van der Waals surface area contributed by atoms with E-state index in [9.17, 15) is 0 Å². The monoisotopic (exact) mass is 343 g/mol. The fourth-order valence-electron chi connectivity index (χ4n) is 1.78. The summed E-state index contributed by atoms with van der Waals surface area (Å²) < 4.78 is 1.37. The summed E-state index contributed by atoms with van der Waals surface area (Å²) in [6.07, 6.45) is 4.89. The molecule has 0 aliphatic rings. The Kier molecular flexibility index (Phi) is 6.26. The second-order valence-corrected chi connectivity index (χ2v) is 5.19. The number of likely N-dealkylation sites (N-methyl/N-ethyl adjacent to an activating group) is 1. The van der Waals surface area contributed by atoms with Crippen LogP contribution in [0.1, 0.15) is 17.9 Å². The summed E-state index contributed by atoms with van der Waals surface area (Å²) in [7, 11) is 2.11. The van der Waals surface area contributed by atoms with Gasteiger partial charge in [0.1, 0.15) is 0 Å². The Morgan fingerprint density at radius 3 is 2.47 bits per heavy atom. The van der Waals surface area contributed by atoms with E-state index in [0.717, 1.165) is 13.0 Å². The van der Waals surface area contributed by atoms with Gasteiger partial charge in [-0.05, 0) is 0 Å². The molecule has 1 rings (SSSR count). The topological polar surface area (TPSA) is 3.24 Å². The van der Waals surface area contributed by atoms with Crippen LogP contribution in [0.3, 0.4) is 0 Å². The third-order valence-corrected chi connectivity index (χ3v) is 4.38. The third-order valence-electron chi connectivity index (χ3n) is 2.68. The van der Waals surface area contributed by atoms with Crippen LogP contribution >= 0.6 is 0 Å². The van der Waals surface area contributed by atoms with Crippen LogP contribution in [0.15, 0.2) is 55.6 Å². The maximum atomic E-state index is 3.86. The second-order valence-electron chi connectivity index (χ2n) is 4.00. The minimum absolute atomic E-state index is 0.420. The van der Waals surface area contributed by atoms with Gasteiger partial charge in [0.15, 0.2) is 0 Å². The molecule has 17 heavy (non-hydrogen) atoms. The van der Waals surface area contributed by atoms with E-state index in [2.05, 4.69) is 77.3 Å². The van der Waals surface area contributed by atoms with Crippen LogP contribution in [0, 0.1) is 0 Å². The molecule has 1 atom stereocenters. The Hall–Kier alpha value is -0.840. The van der Waals surface area contributed by atoms with Crippen LogP contribution in [0.25, 0.3) is 0 Å². The van der Waals surface area contributed by atoms with Gasteiger partial charge in [0.2, 0.25) is 0 Å². The predicted octanol–water partition coefficient (Wildman–Crippen LogP) is 2.76. The summed E-state index contributed by atoms with van der Waals surface area (Å²) >= 11 is 2.10. The SMILES string of the molecule is C=CCC(C(=[Te])N(C)CC=C)c1ccccc1. The summed E-state index contributed by atoms with van der Waals surface area (Å²) in [6.45, 7) is 8.53. The van der Waals surface area contributed by atoms with E-state index in [1.54, 1.807) is 0 Å². The van der Waals surface area contributed by atoms with Crippen molar-refractivity contribution in [1.29, 1.82) is 0 Å². The minimum atomic E-state index is 0.420. The first-order valence-corrected chi connectivity index (χ1v) is 6.89. The average Bonchev–Trinajstić information content (AvgIpc) is 2.36. The number of hydrogen-bond donors (Lipinski definition) is 0. The third kappa shape index (κ3) is 4.15. The van der Waals surface area contributed by atoms with Crippen molar-refractivity contribution in [2.45, 2.75) is 12.3 Å². The molecule has 0 amide bonds. The Labute approximate surface area is 117 Å². The van der Waals surface area contributed by atoms with Gasteiger partial charge in [-0.25, -0.2) is 0 Å². The number of benzene rings is 1. The van der Waals surface area contributed by atoms with Crippen LogP contribution in [-0.4, -0.2) is 44.0 Å². The Morgan fingerprint density at radius 1 is 1.29 bits per heavy atom. The molecule has 1 unspecified atom stereocenters. The van der Waals surface area contributed by atoms with Crippen molar-refractivity contribution >= 4 is 25.5 Å². The van der Waals surface area contributed by atoms with Gasteiger partial charge in [-0.3, -0.25) is 0 Å². The molecule has 2 heteroatoms. The molecule has 0 heterocycles. The zero-order valence-electron chi connectivity index (χ0n) is 10.3. The molecule has 0 aliphatic carbocycles. The summed E-state index contributed by atoms with van der Waals surface area (Å²) in [5, 5.41) is 0. The number of allylic oxidation sites excluding steroid dienone is 1. The zero-order chi connectivity index (χ0) is 12.7. The van der Waals surface area contributed by atoms with E-state index >= 15 is 0 Å². The summed E-state index contributed by atoms with van der Waals surface area (Å²) in [4.78, 5) is 2.25. The Balaban J connectivity index is 2.89. The molecule has 1 aromatic carbocycles. The molecule has 1 aromatic rings. The van der Waals surface area contributed by atoms with Crippen LogP contribution < -0.4 is 0 Å². The Bertz CT molecular complexity index is 383. The second kappa shape index (κ2) is 7.48. The van der Waals surface area contributed by atoms with Crippen LogP contribution in [-0.2, 0) is 0 Å². The van der Waals surface area contributed by atoms with Crippen molar-refractivity contribution < 1.29 is 0 Å². The van der Waals surface area contributed by atoms with Crippen molar-refractivity contribution in [1.82, 2.24) is 4.90 Å². The van der Waals surface area contributed by atoms with Crippen molar-refractivity contribution in [3.63, 3.8) is 0 Å². The predicted molar refractivity (Wildman–Crippen MR) is 77.6 cm³/mol. The molecule has 0 saturated carbocycles. The first-order valence-electron chi connectivity index (χ1n) is 5.72. The maximum absolute atomic E-state index is 3.86. The molecule has 0 saturated heterocycles. The molecular formula is C15H19NTe.